The molecule has 4 N–H and O–H groups in total. The van der Waals surface area contributed by atoms with Crippen molar-refractivity contribution in [2.75, 3.05) is 32.7 Å². The van der Waals surface area contributed by atoms with Crippen LogP contribution in [0, 0.1) is 0 Å². The number of imidazole rings is 1. The lowest BCUT2D eigenvalue weighted by atomic mass is 10.1. The number of nitrogens with two attached hydrogens (primary N) is 1. The minimum atomic E-state index is -4.89. The summed E-state index contributed by atoms with van der Waals surface area (Å²) in [4.78, 5) is 63.6. The molecule has 5 aromatic rings. The number of aromatic nitrogens is 6. The highest BCUT2D eigenvalue weighted by Crippen LogP contribution is 2.64. The van der Waals surface area contributed by atoms with Crippen LogP contribution in [0.5, 0.6) is 11.5 Å². The zero-order valence-electron chi connectivity index (χ0n) is 37.9. The van der Waals surface area contributed by atoms with Gasteiger partial charge in [0, 0.05) is 31.5 Å². The van der Waals surface area contributed by atoms with Crippen LogP contribution in [0.3, 0.4) is 0 Å². The molecular weight excluding hydrogens is 961 g/mol. The second-order valence-corrected chi connectivity index (χ2v) is 22.0. The molecule has 0 spiro atoms. The van der Waals surface area contributed by atoms with Gasteiger partial charge in [-0.1, -0.05) is 64.0 Å². The molecule has 22 nitrogen and oxygen atoms in total. The predicted molar refractivity (Wildman–Crippen MR) is 251 cm³/mol. The number of nitrogens with one attached hydrogen (secondary N) is 1. The van der Waals surface area contributed by atoms with E-state index in [-0.39, 0.29) is 23.7 Å². The molecular formula is C44H55N7O15P2S. The van der Waals surface area contributed by atoms with Crippen molar-refractivity contribution in [3.63, 3.8) is 0 Å². The molecule has 3 saturated heterocycles. The number of unbranched alkanes of at least 4 members (excludes halogenated alkanes) is 7. The van der Waals surface area contributed by atoms with Gasteiger partial charge in [-0.05, 0) is 59.8 Å². The molecule has 9 atom stereocenters. The normalized spacial score (nSPS) is 27.3. The van der Waals surface area contributed by atoms with E-state index in [9.17, 15) is 23.8 Å². The van der Waals surface area contributed by atoms with Crippen molar-refractivity contribution in [2.45, 2.75) is 113 Å². The van der Waals surface area contributed by atoms with Gasteiger partial charge in [0.2, 0.25) is 0 Å². The monoisotopic (exact) mass is 1020 g/mol. The van der Waals surface area contributed by atoms with Crippen molar-refractivity contribution in [3.05, 3.63) is 105 Å². The largest absolute Gasteiger partial charge is 0.494 e. The lowest BCUT2D eigenvalue weighted by Gasteiger charge is -2.30. The number of hydrogen-bond acceptors (Lipinski definition) is 19. The summed E-state index contributed by atoms with van der Waals surface area (Å²) in [5.74, 6) is 0.556. The van der Waals surface area contributed by atoms with Gasteiger partial charge in [0.15, 0.2) is 17.7 Å². The van der Waals surface area contributed by atoms with Gasteiger partial charge in [0.25, 0.3) is 5.56 Å². The second-order valence-electron chi connectivity index (χ2n) is 16.6. The summed E-state index contributed by atoms with van der Waals surface area (Å²) in [6, 6.07) is 14.4. The van der Waals surface area contributed by atoms with Crippen LogP contribution in [0.25, 0.3) is 11.2 Å². The third-order valence-electron chi connectivity index (χ3n) is 11.8. The maximum absolute atomic E-state index is 15.1. The molecule has 25 heteroatoms. The summed E-state index contributed by atoms with van der Waals surface area (Å²) in [6.07, 6.45) is 5.17. The first kappa shape index (κ1) is 50.6. The van der Waals surface area contributed by atoms with Gasteiger partial charge in [-0.2, -0.15) is 0 Å². The van der Waals surface area contributed by atoms with Crippen LogP contribution in [-0.4, -0.2) is 97.4 Å². The molecule has 3 fully saturated rings. The number of ether oxygens (including phenoxy) is 5. The van der Waals surface area contributed by atoms with Crippen LogP contribution in [0.1, 0.15) is 93.1 Å². The molecule has 0 amide bonds. The number of benzene rings is 2. The quantitative estimate of drug-likeness (QED) is 0.0350. The number of fused-ring (bicyclic) bond motifs is 3. The average Bonchev–Trinajstić information content (AvgIpc) is 4.04. The molecule has 2 unspecified atom stereocenters. The fourth-order valence-electron chi connectivity index (χ4n) is 8.15. The van der Waals surface area contributed by atoms with E-state index in [1.54, 1.807) is 53.1 Å². The first-order valence-corrected chi connectivity index (χ1v) is 27.3. The molecule has 0 bridgehead atoms. The summed E-state index contributed by atoms with van der Waals surface area (Å²) in [6.45, 7) is -2.68. The summed E-state index contributed by atoms with van der Waals surface area (Å²) in [5, 5.41) is 0. The Morgan fingerprint density at radius 1 is 0.870 bits per heavy atom. The minimum Gasteiger partial charge on any atom is -0.494 e. The summed E-state index contributed by atoms with van der Waals surface area (Å²) in [5.41, 5.74) is 6.11. The highest BCUT2D eigenvalue weighted by atomic mass is 32.7. The van der Waals surface area contributed by atoms with Crippen LogP contribution in [-0.2, 0) is 47.2 Å². The molecule has 69 heavy (non-hydrogen) atoms. The van der Waals surface area contributed by atoms with Crippen LogP contribution in [0.15, 0.2) is 83.0 Å². The second kappa shape index (κ2) is 23.0. The number of rotatable bonds is 18. The van der Waals surface area contributed by atoms with Crippen LogP contribution in [0.4, 0.5) is 5.82 Å². The Morgan fingerprint density at radius 3 is 2.33 bits per heavy atom. The molecule has 372 valence electrons. The van der Waals surface area contributed by atoms with Crippen molar-refractivity contribution < 1.29 is 60.6 Å². The molecule has 3 aliphatic heterocycles. The van der Waals surface area contributed by atoms with Gasteiger partial charge in [0.1, 0.15) is 60.1 Å². The fourth-order valence-corrected chi connectivity index (χ4v) is 12.5. The third kappa shape index (κ3) is 12.8. The average molecular weight is 1020 g/mol. The molecule has 2 aromatic carbocycles. The topological polar surface area (TPSA) is 279 Å². The maximum atomic E-state index is 15.1. The van der Waals surface area contributed by atoms with Crippen molar-refractivity contribution in [1.29, 1.82) is 0 Å². The molecule has 3 aliphatic rings. The van der Waals surface area contributed by atoms with E-state index < -0.39 is 88.0 Å². The number of phosphoric ester groups is 1. The number of nitrogens with zero attached hydrogens (tertiary/aromatic N) is 5. The number of nitrogen functional groups attached to an aromatic ring is 1. The molecule has 8 rings (SSSR count). The van der Waals surface area contributed by atoms with Gasteiger partial charge >= 0.3 is 26.3 Å². The van der Waals surface area contributed by atoms with E-state index in [0.29, 0.717) is 34.6 Å². The Labute approximate surface area is 400 Å². The summed E-state index contributed by atoms with van der Waals surface area (Å²) < 4.78 is 84.5. The summed E-state index contributed by atoms with van der Waals surface area (Å²) >= 11 is 0.810. The molecule has 0 radical (unpaired) electrons. The zero-order valence-corrected chi connectivity index (χ0v) is 40.5. The number of anilines is 1. The number of esters is 1. The van der Waals surface area contributed by atoms with E-state index in [2.05, 4.69) is 26.9 Å². The fraction of sp³-hybridized carbons (Fsp3) is 0.500. The van der Waals surface area contributed by atoms with E-state index in [1.807, 2.05) is 0 Å². The van der Waals surface area contributed by atoms with Crippen molar-refractivity contribution in [1.82, 2.24) is 29.1 Å². The molecule has 3 aromatic heterocycles. The van der Waals surface area contributed by atoms with Crippen LogP contribution in [0.2, 0.25) is 0 Å². The van der Waals surface area contributed by atoms with E-state index >= 15 is 4.57 Å². The highest BCUT2D eigenvalue weighted by Gasteiger charge is 2.53. The number of phosphoric acid groups is 1. The molecule has 6 heterocycles. The Hall–Kier alpha value is -4.77. The number of methoxy groups -OCH3 is 1. The van der Waals surface area contributed by atoms with E-state index in [0.717, 1.165) is 34.9 Å². The van der Waals surface area contributed by atoms with Gasteiger partial charge in [0.05, 0.1) is 31.7 Å². The van der Waals surface area contributed by atoms with Gasteiger partial charge < -0.3 is 34.3 Å². The van der Waals surface area contributed by atoms with Crippen LogP contribution < -0.4 is 26.5 Å². The lowest BCUT2D eigenvalue weighted by Crippen LogP contribution is -2.40. The van der Waals surface area contributed by atoms with E-state index in [4.69, 9.17) is 47.5 Å². The summed E-state index contributed by atoms with van der Waals surface area (Å²) in [7, 11) is -3.59. The van der Waals surface area contributed by atoms with Gasteiger partial charge in [-0.15, -0.1) is 0 Å². The minimum absolute atomic E-state index is 0.0306. The number of carbonyl (C=O) groups is 1. The van der Waals surface area contributed by atoms with Crippen molar-refractivity contribution in [3.8, 4) is 11.5 Å². The number of H-pyrrole nitrogens is 1. The SMILES string of the molecule is CCCCCCCCCCOc1ccc(C(=O)Oc2ccc(CSP3(=O)OC[C@H]4O[C@@H](n5cnc6c(N)ncnc65)C[C@@H]4OP(=O)(O)OC[C@H]4O[C@@H](n5ccc(=O)[nH]c5=O)[C@H](OC)[C@@H]4O3)cc2)cc1. The number of aromatic amines is 1. The Morgan fingerprint density at radius 2 is 1.59 bits per heavy atom. The maximum Gasteiger partial charge on any atom is 0.472 e. The van der Waals surface area contributed by atoms with Gasteiger partial charge in [-0.3, -0.25) is 37.0 Å². The van der Waals surface area contributed by atoms with Crippen LogP contribution >= 0.6 is 26.0 Å². The lowest BCUT2D eigenvalue weighted by molar-refractivity contribution is -0.0662. The van der Waals surface area contributed by atoms with E-state index in [1.165, 1.54) is 64.5 Å². The Balaban J connectivity index is 0.953. The number of hydrogen-bond donors (Lipinski definition) is 3. The van der Waals surface area contributed by atoms with Crippen molar-refractivity contribution in [2.24, 2.45) is 0 Å². The standard InChI is InChI=1S/C44H55N7O15P2S/c1-3-4-5-6-7-8-9-10-21-59-30-17-13-29(14-18-30)43(53)62-31-15-11-28(12-16-31)25-69-68(57)61-23-33-32(22-36(63-33)51-27-48-37-40(45)46-26-47-41(37)51)65-67(55,56)60-24-34-38(66-68)39(58-2)42(64-34)50-20-19-35(52)49-44(50)54/h11-20,26-27,32-34,36,38-39,42H,3-10,21-25H2,1-2H3,(H,55,56)(H2,45,46,47)(H,49,52,54)/t32-,33+,34+,36+,38+,39+,42+,68?/m0/s1. The van der Waals surface area contributed by atoms with Crippen molar-refractivity contribution >= 4 is 49.0 Å². The molecule has 0 saturated carbocycles. The first-order chi connectivity index (χ1) is 33.3. The predicted octanol–water partition coefficient (Wildman–Crippen LogP) is 6.86. The zero-order chi connectivity index (χ0) is 48.5. The highest BCUT2D eigenvalue weighted by molar-refractivity contribution is 8.54. The number of carbonyl (C=O) groups excluding carboxylic acids is 1. The first-order valence-electron chi connectivity index (χ1n) is 22.7. The van der Waals surface area contributed by atoms with Gasteiger partial charge in [-0.25, -0.2) is 33.7 Å². The smallest absolute Gasteiger partial charge is 0.472 e. The molecule has 0 aliphatic carbocycles. The third-order valence-corrected chi connectivity index (χ3v) is 16.4. The Bertz CT molecular complexity index is 2740. The Kier molecular flexibility index (Phi) is 16.9.